The Morgan fingerprint density at radius 1 is 1.56 bits per heavy atom. The molecule has 98 valence electrons. The number of benzene rings is 1. The Kier molecular flexibility index (Phi) is 3.28. The van der Waals surface area contributed by atoms with Crippen molar-refractivity contribution in [2.45, 2.75) is 44.8 Å². The highest BCUT2D eigenvalue weighted by molar-refractivity contribution is 5.88. The maximum absolute atomic E-state index is 13.5. The second kappa shape index (κ2) is 4.59. The number of halogens is 1. The van der Waals surface area contributed by atoms with Gasteiger partial charge < -0.3 is 11.1 Å². The molecule has 0 aromatic heterocycles. The standard InChI is InChI=1S/C14H19FN2O/c1-9(17-13(18)14(15)6-7-14)8-11-4-3-5-12(16)10(11)2/h3-5,9H,6-8,16H2,1-2H3,(H,17,18). The van der Waals surface area contributed by atoms with E-state index in [2.05, 4.69) is 5.32 Å². The lowest BCUT2D eigenvalue weighted by atomic mass is 10.0. The minimum Gasteiger partial charge on any atom is -0.399 e. The third kappa shape index (κ3) is 2.63. The van der Waals surface area contributed by atoms with Gasteiger partial charge in [0.05, 0.1) is 0 Å². The lowest BCUT2D eigenvalue weighted by Crippen LogP contribution is -2.40. The second-order valence-electron chi connectivity index (χ2n) is 5.18. The number of amides is 1. The van der Waals surface area contributed by atoms with E-state index in [1.807, 2.05) is 32.0 Å². The van der Waals surface area contributed by atoms with Crippen LogP contribution in [0.2, 0.25) is 0 Å². The SMILES string of the molecule is Cc1c(N)cccc1CC(C)NC(=O)C1(F)CC1. The fourth-order valence-corrected chi connectivity index (χ4v) is 2.00. The van der Waals surface area contributed by atoms with Crippen LogP contribution in [-0.4, -0.2) is 17.6 Å². The van der Waals surface area contributed by atoms with Crippen LogP contribution < -0.4 is 11.1 Å². The van der Waals surface area contributed by atoms with Gasteiger partial charge in [-0.3, -0.25) is 4.79 Å². The minimum absolute atomic E-state index is 0.0915. The quantitative estimate of drug-likeness (QED) is 0.804. The summed E-state index contributed by atoms with van der Waals surface area (Å²) in [7, 11) is 0. The fourth-order valence-electron chi connectivity index (χ4n) is 2.00. The molecule has 3 nitrogen and oxygen atoms in total. The third-order valence-corrected chi connectivity index (χ3v) is 3.49. The smallest absolute Gasteiger partial charge is 0.257 e. The van der Waals surface area contributed by atoms with Gasteiger partial charge >= 0.3 is 0 Å². The number of alkyl halides is 1. The van der Waals surface area contributed by atoms with E-state index in [1.165, 1.54) is 0 Å². The molecular formula is C14H19FN2O. The second-order valence-corrected chi connectivity index (χ2v) is 5.18. The van der Waals surface area contributed by atoms with E-state index in [4.69, 9.17) is 5.73 Å². The summed E-state index contributed by atoms with van der Waals surface area (Å²) >= 11 is 0. The molecule has 0 radical (unpaired) electrons. The Hall–Kier alpha value is -1.58. The molecule has 0 spiro atoms. The average molecular weight is 250 g/mol. The van der Waals surface area contributed by atoms with Crippen molar-refractivity contribution in [3.63, 3.8) is 0 Å². The largest absolute Gasteiger partial charge is 0.399 e. The van der Waals surface area contributed by atoms with Crippen LogP contribution in [0.25, 0.3) is 0 Å². The molecule has 1 atom stereocenters. The predicted octanol–water partition coefficient (Wildman–Crippen LogP) is 2.13. The molecule has 3 N–H and O–H groups in total. The zero-order chi connectivity index (χ0) is 13.3. The summed E-state index contributed by atoms with van der Waals surface area (Å²) in [5.74, 6) is -0.475. The van der Waals surface area contributed by atoms with E-state index in [9.17, 15) is 9.18 Å². The van der Waals surface area contributed by atoms with Gasteiger partial charge in [-0.2, -0.15) is 0 Å². The Morgan fingerprint density at radius 3 is 2.83 bits per heavy atom. The number of anilines is 1. The number of hydrogen-bond acceptors (Lipinski definition) is 2. The Labute approximate surface area is 107 Å². The molecular weight excluding hydrogens is 231 g/mol. The minimum atomic E-state index is -1.60. The van der Waals surface area contributed by atoms with Crippen molar-refractivity contribution >= 4 is 11.6 Å². The predicted molar refractivity (Wildman–Crippen MR) is 70.0 cm³/mol. The van der Waals surface area contributed by atoms with Crippen LogP contribution in [0.1, 0.15) is 30.9 Å². The van der Waals surface area contributed by atoms with Crippen molar-refractivity contribution < 1.29 is 9.18 Å². The molecule has 2 rings (SSSR count). The monoisotopic (exact) mass is 250 g/mol. The van der Waals surface area contributed by atoms with Gasteiger partial charge in [-0.25, -0.2) is 4.39 Å². The Bertz CT molecular complexity index is 469. The van der Waals surface area contributed by atoms with Crippen molar-refractivity contribution in [2.24, 2.45) is 0 Å². The van der Waals surface area contributed by atoms with Gasteiger partial charge in [-0.05, 0) is 50.3 Å². The summed E-state index contributed by atoms with van der Waals surface area (Å²) in [5, 5.41) is 2.72. The molecule has 1 fully saturated rings. The highest BCUT2D eigenvalue weighted by Crippen LogP contribution is 2.39. The molecule has 1 saturated carbocycles. The number of nitrogens with one attached hydrogen (secondary N) is 1. The molecule has 1 aromatic rings. The van der Waals surface area contributed by atoms with Crippen molar-refractivity contribution in [1.82, 2.24) is 5.32 Å². The zero-order valence-corrected chi connectivity index (χ0v) is 10.8. The maximum atomic E-state index is 13.5. The number of carbonyl (C=O) groups is 1. The van der Waals surface area contributed by atoms with Gasteiger partial charge in [-0.15, -0.1) is 0 Å². The van der Waals surface area contributed by atoms with Crippen LogP contribution in [0.3, 0.4) is 0 Å². The summed E-state index contributed by atoms with van der Waals surface area (Å²) < 4.78 is 13.5. The van der Waals surface area contributed by atoms with Gasteiger partial charge in [0, 0.05) is 11.7 Å². The van der Waals surface area contributed by atoms with Gasteiger partial charge in [0.15, 0.2) is 5.67 Å². The molecule has 0 heterocycles. The van der Waals surface area contributed by atoms with E-state index in [0.29, 0.717) is 19.3 Å². The van der Waals surface area contributed by atoms with Crippen LogP contribution in [0, 0.1) is 6.92 Å². The molecule has 1 aromatic carbocycles. The van der Waals surface area contributed by atoms with E-state index in [0.717, 1.165) is 16.8 Å². The van der Waals surface area contributed by atoms with E-state index < -0.39 is 11.6 Å². The van der Waals surface area contributed by atoms with Crippen molar-refractivity contribution in [1.29, 1.82) is 0 Å². The van der Waals surface area contributed by atoms with Crippen LogP contribution in [-0.2, 0) is 11.2 Å². The molecule has 18 heavy (non-hydrogen) atoms. The van der Waals surface area contributed by atoms with E-state index in [-0.39, 0.29) is 6.04 Å². The van der Waals surface area contributed by atoms with E-state index in [1.54, 1.807) is 0 Å². The summed E-state index contributed by atoms with van der Waals surface area (Å²) in [5.41, 5.74) is 7.09. The lowest BCUT2D eigenvalue weighted by Gasteiger charge is -2.17. The number of rotatable bonds is 4. The molecule has 0 saturated heterocycles. The topological polar surface area (TPSA) is 55.1 Å². The molecule has 0 aliphatic heterocycles. The lowest BCUT2D eigenvalue weighted by molar-refractivity contribution is -0.128. The highest BCUT2D eigenvalue weighted by Gasteiger charge is 2.50. The molecule has 1 unspecified atom stereocenters. The third-order valence-electron chi connectivity index (χ3n) is 3.49. The van der Waals surface area contributed by atoms with Gasteiger partial charge in [-0.1, -0.05) is 12.1 Å². The molecule has 1 amide bonds. The van der Waals surface area contributed by atoms with Crippen LogP contribution in [0.5, 0.6) is 0 Å². The number of carbonyl (C=O) groups excluding carboxylic acids is 1. The first-order valence-electron chi connectivity index (χ1n) is 6.26. The fraction of sp³-hybridized carbons (Fsp3) is 0.500. The van der Waals surface area contributed by atoms with Gasteiger partial charge in [0.2, 0.25) is 0 Å². The Morgan fingerprint density at radius 2 is 2.22 bits per heavy atom. The molecule has 4 heteroatoms. The molecule has 0 bridgehead atoms. The normalized spacial score (nSPS) is 18.2. The zero-order valence-electron chi connectivity index (χ0n) is 10.8. The number of nitrogens with two attached hydrogens (primary N) is 1. The van der Waals surface area contributed by atoms with Crippen LogP contribution in [0.15, 0.2) is 18.2 Å². The van der Waals surface area contributed by atoms with Crippen molar-refractivity contribution in [2.75, 3.05) is 5.73 Å². The first kappa shape index (κ1) is 12.9. The van der Waals surface area contributed by atoms with Crippen LogP contribution in [0.4, 0.5) is 10.1 Å². The van der Waals surface area contributed by atoms with Crippen molar-refractivity contribution in [3.8, 4) is 0 Å². The van der Waals surface area contributed by atoms with Crippen molar-refractivity contribution in [3.05, 3.63) is 29.3 Å². The summed E-state index contributed by atoms with van der Waals surface area (Å²) in [4.78, 5) is 11.6. The van der Waals surface area contributed by atoms with Gasteiger partial charge in [0.1, 0.15) is 0 Å². The molecule has 1 aliphatic rings. The number of nitrogen functional groups attached to an aromatic ring is 1. The number of hydrogen-bond donors (Lipinski definition) is 2. The van der Waals surface area contributed by atoms with E-state index >= 15 is 0 Å². The summed E-state index contributed by atoms with van der Waals surface area (Å²) in [6.07, 6.45) is 1.37. The Balaban J connectivity index is 1.96. The summed E-state index contributed by atoms with van der Waals surface area (Å²) in [6, 6.07) is 5.63. The van der Waals surface area contributed by atoms with Gasteiger partial charge in [0.25, 0.3) is 5.91 Å². The summed E-state index contributed by atoms with van der Waals surface area (Å²) in [6.45, 7) is 3.84. The highest BCUT2D eigenvalue weighted by atomic mass is 19.1. The molecule has 1 aliphatic carbocycles. The maximum Gasteiger partial charge on any atom is 0.257 e. The first-order chi connectivity index (χ1) is 8.42. The first-order valence-corrected chi connectivity index (χ1v) is 6.26. The van der Waals surface area contributed by atoms with Crippen LogP contribution >= 0.6 is 0 Å². The average Bonchev–Trinajstić information content (AvgIpc) is 3.04.